The number of aliphatic hydroxyl groups excluding tert-OH is 2. The number of methoxy groups -OCH3 is 1. The molecule has 0 heterocycles. The average Bonchev–Trinajstić information content (AvgIpc) is 2.40. The standard InChI is InChI=1S/C13H20N2O4/c1-9-5-4-6-11(19-3)12(9)14-13(18)15(2)7-10(17)8-16/h4-6,10,16-17H,7-8H2,1-3H3,(H,14,18)/t10-/m1/s1. The van der Waals surface area contributed by atoms with E-state index < -0.39 is 6.10 Å². The molecule has 6 nitrogen and oxygen atoms in total. The normalized spacial score (nSPS) is 11.8. The molecular weight excluding hydrogens is 248 g/mol. The van der Waals surface area contributed by atoms with Crippen LogP contribution in [0.2, 0.25) is 0 Å². The lowest BCUT2D eigenvalue weighted by atomic mass is 10.2. The number of benzene rings is 1. The topological polar surface area (TPSA) is 82.0 Å². The molecule has 0 fully saturated rings. The van der Waals surface area contributed by atoms with Crippen molar-refractivity contribution in [3.05, 3.63) is 23.8 Å². The second-order valence-electron chi connectivity index (χ2n) is 4.30. The van der Waals surface area contributed by atoms with Gasteiger partial charge in [-0.2, -0.15) is 0 Å². The SMILES string of the molecule is COc1cccc(C)c1NC(=O)N(C)C[C@@H](O)CO. The molecule has 0 saturated carbocycles. The number of ether oxygens (including phenoxy) is 1. The summed E-state index contributed by atoms with van der Waals surface area (Å²) < 4.78 is 5.19. The van der Waals surface area contributed by atoms with E-state index in [0.717, 1.165) is 5.56 Å². The van der Waals surface area contributed by atoms with Crippen LogP contribution >= 0.6 is 0 Å². The number of rotatable bonds is 5. The van der Waals surface area contributed by atoms with Crippen LogP contribution in [0.5, 0.6) is 5.75 Å². The minimum absolute atomic E-state index is 0.0521. The van der Waals surface area contributed by atoms with E-state index in [-0.39, 0.29) is 19.2 Å². The first-order valence-electron chi connectivity index (χ1n) is 5.94. The van der Waals surface area contributed by atoms with Crippen molar-refractivity contribution >= 4 is 11.7 Å². The zero-order valence-electron chi connectivity index (χ0n) is 11.4. The molecule has 1 atom stereocenters. The van der Waals surface area contributed by atoms with Crippen LogP contribution in [0, 0.1) is 6.92 Å². The third kappa shape index (κ3) is 4.11. The summed E-state index contributed by atoms with van der Waals surface area (Å²) in [5, 5.41) is 20.8. The van der Waals surface area contributed by atoms with Crippen molar-refractivity contribution in [3.63, 3.8) is 0 Å². The first-order valence-corrected chi connectivity index (χ1v) is 5.94. The van der Waals surface area contributed by atoms with Crippen LogP contribution in [0.1, 0.15) is 5.56 Å². The van der Waals surface area contributed by atoms with E-state index >= 15 is 0 Å². The minimum atomic E-state index is -0.950. The Morgan fingerprint density at radius 2 is 2.21 bits per heavy atom. The molecule has 6 heteroatoms. The van der Waals surface area contributed by atoms with Gasteiger partial charge in [0.05, 0.1) is 32.1 Å². The zero-order valence-corrected chi connectivity index (χ0v) is 11.4. The number of carbonyl (C=O) groups is 1. The van der Waals surface area contributed by atoms with Crippen LogP contribution in [-0.4, -0.2) is 54.6 Å². The number of aryl methyl sites for hydroxylation is 1. The van der Waals surface area contributed by atoms with Crippen molar-refractivity contribution in [1.29, 1.82) is 0 Å². The summed E-state index contributed by atoms with van der Waals surface area (Å²) in [5.74, 6) is 0.574. The summed E-state index contributed by atoms with van der Waals surface area (Å²) in [6.07, 6.45) is -0.950. The lowest BCUT2D eigenvalue weighted by Crippen LogP contribution is -2.38. The fraction of sp³-hybridized carbons (Fsp3) is 0.462. The Kier molecular flexibility index (Phi) is 5.59. The summed E-state index contributed by atoms with van der Waals surface area (Å²) >= 11 is 0. The Morgan fingerprint density at radius 1 is 1.53 bits per heavy atom. The highest BCUT2D eigenvalue weighted by molar-refractivity contribution is 5.91. The van der Waals surface area contributed by atoms with Crippen LogP contribution in [0.25, 0.3) is 0 Å². The highest BCUT2D eigenvalue weighted by Crippen LogP contribution is 2.27. The predicted molar refractivity (Wildman–Crippen MR) is 72.5 cm³/mol. The summed E-state index contributed by atoms with van der Waals surface area (Å²) in [5.41, 5.74) is 1.48. The lowest BCUT2D eigenvalue weighted by molar-refractivity contribution is 0.0750. The van der Waals surface area contributed by atoms with Gasteiger partial charge in [-0.25, -0.2) is 4.79 Å². The van der Waals surface area contributed by atoms with Gasteiger partial charge in [0, 0.05) is 7.05 Å². The molecule has 0 unspecified atom stereocenters. The number of para-hydroxylation sites is 1. The van der Waals surface area contributed by atoms with Crippen molar-refractivity contribution in [2.45, 2.75) is 13.0 Å². The summed E-state index contributed by atoms with van der Waals surface area (Å²) in [4.78, 5) is 13.2. The molecule has 1 aromatic carbocycles. The first kappa shape index (κ1) is 15.3. The number of carbonyl (C=O) groups excluding carboxylic acids is 1. The van der Waals surface area contributed by atoms with E-state index in [9.17, 15) is 9.90 Å². The minimum Gasteiger partial charge on any atom is -0.495 e. The quantitative estimate of drug-likeness (QED) is 0.738. The van der Waals surface area contributed by atoms with Gasteiger partial charge < -0.3 is 25.2 Å². The molecule has 2 amide bonds. The molecule has 1 rings (SSSR count). The Balaban J connectivity index is 2.76. The zero-order chi connectivity index (χ0) is 14.4. The van der Waals surface area contributed by atoms with Gasteiger partial charge in [-0.1, -0.05) is 12.1 Å². The monoisotopic (exact) mass is 268 g/mol. The molecule has 19 heavy (non-hydrogen) atoms. The van der Waals surface area contributed by atoms with Gasteiger partial charge in [-0.3, -0.25) is 0 Å². The Bertz CT molecular complexity index is 437. The molecule has 0 radical (unpaired) electrons. The number of nitrogens with zero attached hydrogens (tertiary/aromatic N) is 1. The van der Waals surface area contributed by atoms with Gasteiger partial charge in [0.1, 0.15) is 5.75 Å². The molecular formula is C13H20N2O4. The van der Waals surface area contributed by atoms with Crippen LogP contribution < -0.4 is 10.1 Å². The highest BCUT2D eigenvalue weighted by atomic mass is 16.5. The maximum atomic E-state index is 12.0. The van der Waals surface area contributed by atoms with Crippen LogP contribution in [0.15, 0.2) is 18.2 Å². The molecule has 0 saturated heterocycles. The molecule has 0 aliphatic heterocycles. The number of amides is 2. The third-order valence-corrected chi connectivity index (χ3v) is 2.73. The van der Waals surface area contributed by atoms with E-state index in [4.69, 9.17) is 9.84 Å². The molecule has 3 N–H and O–H groups in total. The van der Waals surface area contributed by atoms with Gasteiger partial charge in [-0.05, 0) is 18.6 Å². The summed E-state index contributed by atoms with van der Waals surface area (Å²) in [6, 6.07) is 5.08. The number of hydrogen-bond donors (Lipinski definition) is 3. The van der Waals surface area contributed by atoms with E-state index in [1.165, 1.54) is 12.0 Å². The maximum absolute atomic E-state index is 12.0. The number of anilines is 1. The van der Waals surface area contributed by atoms with Crippen LogP contribution in [-0.2, 0) is 0 Å². The summed E-state index contributed by atoms with van der Waals surface area (Å²) in [7, 11) is 3.07. The second kappa shape index (κ2) is 6.96. The van der Waals surface area contributed by atoms with E-state index in [1.807, 2.05) is 19.1 Å². The van der Waals surface area contributed by atoms with E-state index in [2.05, 4.69) is 5.32 Å². The number of hydrogen-bond acceptors (Lipinski definition) is 4. The molecule has 0 aromatic heterocycles. The molecule has 0 aliphatic carbocycles. The van der Waals surface area contributed by atoms with Gasteiger partial charge in [-0.15, -0.1) is 0 Å². The van der Waals surface area contributed by atoms with Gasteiger partial charge >= 0.3 is 6.03 Å². The largest absolute Gasteiger partial charge is 0.495 e. The van der Waals surface area contributed by atoms with Crippen molar-refractivity contribution in [2.75, 3.05) is 32.6 Å². The van der Waals surface area contributed by atoms with Crippen molar-refractivity contribution in [2.24, 2.45) is 0 Å². The Hall–Kier alpha value is -1.79. The number of aliphatic hydroxyl groups is 2. The van der Waals surface area contributed by atoms with Crippen LogP contribution in [0.3, 0.4) is 0 Å². The van der Waals surface area contributed by atoms with Crippen LogP contribution in [0.4, 0.5) is 10.5 Å². The van der Waals surface area contributed by atoms with Gasteiger partial charge in [0.15, 0.2) is 0 Å². The smallest absolute Gasteiger partial charge is 0.321 e. The fourth-order valence-electron chi connectivity index (χ4n) is 1.63. The molecule has 0 aliphatic rings. The summed E-state index contributed by atoms with van der Waals surface area (Å²) in [6.45, 7) is 1.53. The second-order valence-corrected chi connectivity index (χ2v) is 4.30. The van der Waals surface area contributed by atoms with Crippen molar-refractivity contribution in [3.8, 4) is 5.75 Å². The number of nitrogens with one attached hydrogen (secondary N) is 1. The molecule has 0 spiro atoms. The fourth-order valence-corrected chi connectivity index (χ4v) is 1.63. The van der Waals surface area contributed by atoms with E-state index in [0.29, 0.717) is 11.4 Å². The molecule has 0 bridgehead atoms. The van der Waals surface area contributed by atoms with Gasteiger partial charge in [0.25, 0.3) is 0 Å². The number of likely N-dealkylation sites (N-methyl/N-ethyl adjacent to an activating group) is 1. The Labute approximate surface area is 112 Å². The van der Waals surface area contributed by atoms with Gasteiger partial charge in [0.2, 0.25) is 0 Å². The van der Waals surface area contributed by atoms with Crippen molar-refractivity contribution < 1.29 is 19.7 Å². The maximum Gasteiger partial charge on any atom is 0.321 e. The molecule has 1 aromatic rings. The predicted octanol–water partition coefficient (Wildman–Crippen LogP) is 0.821. The lowest BCUT2D eigenvalue weighted by Gasteiger charge is -2.21. The third-order valence-electron chi connectivity index (χ3n) is 2.73. The van der Waals surface area contributed by atoms with Crippen molar-refractivity contribution in [1.82, 2.24) is 4.90 Å². The Morgan fingerprint density at radius 3 is 2.79 bits per heavy atom. The highest BCUT2D eigenvalue weighted by Gasteiger charge is 2.15. The number of urea groups is 1. The molecule has 106 valence electrons. The first-order chi connectivity index (χ1) is 8.99. The van der Waals surface area contributed by atoms with E-state index in [1.54, 1.807) is 13.1 Å². The average molecular weight is 268 g/mol.